The van der Waals surface area contributed by atoms with Gasteiger partial charge in [0.15, 0.2) is 15.5 Å². The smallest absolute Gasteiger partial charge is 0.354 e. The molecule has 1 aromatic heterocycles. The summed E-state index contributed by atoms with van der Waals surface area (Å²) in [6, 6.07) is 11.8. The second-order valence-electron chi connectivity index (χ2n) is 8.13. The van der Waals surface area contributed by atoms with Gasteiger partial charge < -0.3 is 15.3 Å². The highest BCUT2D eigenvalue weighted by atomic mass is 32.2. The average molecular weight is 499 g/mol. The SMILES string of the molecule is CC1(C(=O)O)C=CC=C(C(=O)O)C1.CS(=O)(=O)c1cc2ccccc2cc1-n1nccc1C(=O)O. The van der Waals surface area contributed by atoms with Crippen molar-refractivity contribution < 1.29 is 38.1 Å². The molecule has 0 saturated heterocycles. The van der Waals surface area contributed by atoms with Crippen molar-refractivity contribution in [1.29, 1.82) is 0 Å². The van der Waals surface area contributed by atoms with Gasteiger partial charge in [-0.25, -0.2) is 22.7 Å². The van der Waals surface area contributed by atoms with Gasteiger partial charge in [-0.3, -0.25) is 4.79 Å². The highest BCUT2D eigenvalue weighted by Gasteiger charge is 2.34. The van der Waals surface area contributed by atoms with Crippen molar-refractivity contribution in [2.24, 2.45) is 5.41 Å². The van der Waals surface area contributed by atoms with Crippen molar-refractivity contribution >= 4 is 38.5 Å². The highest BCUT2D eigenvalue weighted by Crippen LogP contribution is 2.31. The van der Waals surface area contributed by atoms with Gasteiger partial charge in [0.1, 0.15) is 0 Å². The first kappa shape index (κ1) is 25.4. The maximum Gasteiger partial charge on any atom is 0.354 e. The summed E-state index contributed by atoms with van der Waals surface area (Å²) in [6.45, 7) is 1.50. The van der Waals surface area contributed by atoms with E-state index in [1.54, 1.807) is 12.1 Å². The lowest BCUT2D eigenvalue weighted by Gasteiger charge is -2.23. The molecule has 10 nitrogen and oxygen atoms in total. The van der Waals surface area contributed by atoms with Crippen LogP contribution < -0.4 is 0 Å². The highest BCUT2D eigenvalue weighted by molar-refractivity contribution is 7.90. The molecule has 3 N–H and O–H groups in total. The van der Waals surface area contributed by atoms with Gasteiger partial charge >= 0.3 is 17.9 Å². The first-order chi connectivity index (χ1) is 16.3. The van der Waals surface area contributed by atoms with E-state index in [0.717, 1.165) is 21.7 Å². The predicted molar refractivity (Wildman–Crippen MR) is 126 cm³/mol. The Morgan fingerprint density at radius 3 is 2.17 bits per heavy atom. The topological polar surface area (TPSA) is 164 Å². The molecule has 4 rings (SSSR count). The van der Waals surface area contributed by atoms with Crippen LogP contribution in [0.1, 0.15) is 23.8 Å². The third-order valence-electron chi connectivity index (χ3n) is 5.40. The fraction of sp³-hybridized carbons (Fsp3) is 0.167. The van der Waals surface area contributed by atoms with Gasteiger partial charge in [-0.2, -0.15) is 5.10 Å². The Bertz CT molecular complexity index is 1500. The fourth-order valence-corrected chi connectivity index (χ4v) is 4.38. The third-order valence-corrected chi connectivity index (χ3v) is 6.53. The quantitative estimate of drug-likeness (QED) is 0.479. The summed E-state index contributed by atoms with van der Waals surface area (Å²) in [7, 11) is -3.55. The molecule has 2 aromatic carbocycles. The number of rotatable bonds is 5. The number of aromatic nitrogens is 2. The number of benzene rings is 2. The van der Waals surface area contributed by atoms with Gasteiger partial charge in [0.05, 0.1) is 22.2 Å². The van der Waals surface area contributed by atoms with Crippen molar-refractivity contribution in [1.82, 2.24) is 9.78 Å². The van der Waals surface area contributed by atoms with E-state index >= 15 is 0 Å². The summed E-state index contributed by atoms with van der Waals surface area (Å²) in [4.78, 5) is 32.7. The monoisotopic (exact) mass is 498 g/mol. The zero-order chi connectivity index (χ0) is 26.0. The third kappa shape index (κ3) is 5.46. The van der Waals surface area contributed by atoms with Crippen molar-refractivity contribution in [3.8, 4) is 5.69 Å². The van der Waals surface area contributed by atoms with E-state index in [1.807, 2.05) is 18.2 Å². The minimum absolute atomic E-state index is 0.0359. The zero-order valence-electron chi connectivity index (χ0n) is 18.7. The van der Waals surface area contributed by atoms with Gasteiger partial charge in [-0.1, -0.05) is 42.5 Å². The molecule has 1 unspecified atom stereocenters. The summed E-state index contributed by atoms with van der Waals surface area (Å²) < 4.78 is 25.3. The summed E-state index contributed by atoms with van der Waals surface area (Å²) in [5.74, 6) is -3.24. The van der Waals surface area contributed by atoms with Crippen molar-refractivity contribution in [3.05, 3.63) is 78.2 Å². The van der Waals surface area contributed by atoms with E-state index in [0.29, 0.717) is 0 Å². The number of carbonyl (C=O) groups is 3. The molecule has 3 aromatic rings. The molecule has 0 amide bonds. The molecule has 1 atom stereocenters. The van der Waals surface area contributed by atoms with Gasteiger partial charge in [0, 0.05) is 11.8 Å². The molecule has 11 heteroatoms. The van der Waals surface area contributed by atoms with Crippen molar-refractivity contribution in [2.45, 2.75) is 18.2 Å². The number of carboxylic acid groups (broad SMARTS) is 3. The normalized spacial score (nSPS) is 17.3. The molecule has 0 bridgehead atoms. The van der Waals surface area contributed by atoms with Crippen LogP contribution in [0.4, 0.5) is 0 Å². The average Bonchev–Trinajstić information content (AvgIpc) is 3.28. The largest absolute Gasteiger partial charge is 0.481 e. The predicted octanol–water partition coefficient (Wildman–Crippen LogP) is 3.18. The van der Waals surface area contributed by atoms with Crippen LogP contribution in [0.5, 0.6) is 0 Å². The van der Waals surface area contributed by atoms with E-state index in [9.17, 15) is 27.9 Å². The number of aromatic carboxylic acids is 1. The minimum Gasteiger partial charge on any atom is -0.481 e. The number of hydrogen-bond acceptors (Lipinski definition) is 6. The number of fused-ring (bicyclic) bond motifs is 1. The maximum atomic E-state index is 12.1. The van der Waals surface area contributed by atoms with Crippen LogP contribution in [0.3, 0.4) is 0 Å². The molecule has 0 spiro atoms. The van der Waals surface area contributed by atoms with Crippen LogP contribution >= 0.6 is 0 Å². The molecular weight excluding hydrogens is 476 g/mol. The van der Waals surface area contributed by atoms with Crippen LogP contribution in [0.25, 0.3) is 16.5 Å². The lowest BCUT2D eigenvalue weighted by Crippen LogP contribution is -2.28. The number of hydrogen-bond donors (Lipinski definition) is 3. The number of allylic oxidation sites excluding steroid dienone is 2. The Labute approximate surface area is 200 Å². The second-order valence-corrected chi connectivity index (χ2v) is 10.1. The minimum atomic E-state index is -3.55. The zero-order valence-corrected chi connectivity index (χ0v) is 19.6. The first-order valence-corrected chi connectivity index (χ1v) is 12.1. The molecule has 0 saturated carbocycles. The summed E-state index contributed by atoms with van der Waals surface area (Å²) in [6.07, 6.45) is 6.85. The molecule has 1 heterocycles. The van der Waals surface area contributed by atoms with Crippen LogP contribution in [0.15, 0.2) is 77.4 Å². The van der Waals surface area contributed by atoms with Gasteiger partial charge in [-0.05, 0) is 42.3 Å². The Kier molecular flexibility index (Phi) is 6.92. The second kappa shape index (κ2) is 9.55. The van der Waals surface area contributed by atoms with Gasteiger partial charge in [0.25, 0.3) is 0 Å². The Morgan fingerprint density at radius 2 is 1.63 bits per heavy atom. The molecular formula is C24H22N2O8S. The molecule has 0 fully saturated rings. The lowest BCUT2D eigenvalue weighted by atomic mass is 9.80. The van der Waals surface area contributed by atoms with Crippen LogP contribution in [-0.2, 0) is 19.4 Å². The fourth-order valence-electron chi connectivity index (χ4n) is 3.51. The molecule has 35 heavy (non-hydrogen) atoms. The summed E-state index contributed by atoms with van der Waals surface area (Å²) in [5, 5.41) is 32.2. The Balaban J connectivity index is 0.000000225. The van der Waals surface area contributed by atoms with Crippen molar-refractivity contribution in [2.75, 3.05) is 6.26 Å². The summed E-state index contributed by atoms with van der Waals surface area (Å²) >= 11 is 0. The molecule has 1 aliphatic rings. The van der Waals surface area contributed by atoms with Crippen LogP contribution in [0.2, 0.25) is 0 Å². The standard InChI is InChI=1S/C15H12N2O4S.C9H10O4/c1-22(20,21)14-9-11-5-3-2-4-10(11)8-13(14)17-12(15(18)19)6-7-16-17;1-9(8(12)13)4-2-3-6(5-9)7(10)11/h2-9H,1H3,(H,18,19);2-4H,5H2,1H3,(H,10,11)(H,12,13). The van der Waals surface area contributed by atoms with E-state index in [-0.39, 0.29) is 28.3 Å². The molecule has 0 aliphatic heterocycles. The summed E-state index contributed by atoms with van der Waals surface area (Å²) in [5.41, 5.74) is -0.821. The maximum absolute atomic E-state index is 12.1. The first-order valence-electron chi connectivity index (χ1n) is 10.2. The Morgan fingerprint density at radius 1 is 1.00 bits per heavy atom. The van der Waals surface area contributed by atoms with E-state index in [2.05, 4.69) is 5.10 Å². The van der Waals surface area contributed by atoms with E-state index in [1.165, 1.54) is 43.5 Å². The number of nitrogens with zero attached hydrogens (tertiary/aromatic N) is 2. The number of sulfone groups is 1. The number of carboxylic acids is 3. The molecule has 1 aliphatic carbocycles. The lowest BCUT2D eigenvalue weighted by molar-refractivity contribution is -0.145. The van der Waals surface area contributed by atoms with Gasteiger partial charge in [0.2, 0.25) is 0 Å². The van der Waals surface area contributed by atoms with Crippen molar-refractivity contribution in [3.63, 3.8) is 0 Å². The van der Waals surface area contributed by atoms with Gasteiger partial charge in [-0.15, -0.1) is 0 Å². The van der Waals surface area contributed by atoms with E-state index < -0.39 is 33.2 Å². The number of aliphatic carboxylic acids is 2. The van der Waals surface area contributed by atoms with E-state index in [4.69, 9.17) is 10.2 Å². The molecule has 182 valence electrons. The Hall–Kier alpha value is -4.25. The van der Waals surface area contributed by atoms with Crippen LogP contribution in [-0.4, -0.2) is 57.7 Å². The molecule has 0 radical (unpaired) electrons. The van der Waals surface area contributed by atoms with Crippen LogP contribution in [0, 0.1) is 5.41 Å².